The van der Waals surface area contributed by atoms with Crippen LogP contribution in [0.1, 0.15) is 62.8 Å². The fourth-order valence-electron chi connectivity index (χ4n) is 5.64. The van der Waals surface area contributed by atoms with Crippen LogP contribution in [0.3, 0.4) is 0 Å². The Hall–Kier alpha value is -1.76. The van der Waals surface area contributed by atoms with Crippen LogP contribution in [0.15, 0.2) is 23.0 Å². The largest absolute Gasteiger partial charge is 0.310 e. The molecule has 0 atom stereocenters. The number of hydrogen-bond donors (Lipinski definition) is 1. The second-order valence-corrected chi connectivity index (χ2v) is 10.2. The molecule has 0 radical (unpaired) electrons. The van der Waals surface area contributed by atoms with Crippen LogP contribution in [0, 0.1) is 6.92 Å². The van der Waals surface area contributed by atoms with Crippen LogP contribution in [0.4, 0.5) is 0 Å². The van der Waals surface area contributed by atoms with Crippen LogP contribution in [0.2, 0.25) is 0 Å². The number of rotatable bonds is 10. The molecule has 3 heterocycles. The summed E-state index contributed by atoms with van der Waals surface area (Å²) in [6, 6.07) is 6.88. The zero-order valence-corrected chi connectivity index (χ0v) is 20.8. The average Bonchev–Trinajstić information content (AvgIpc) is 2.81. The lowest BCUT2D eigenvalue weighted by Crippen LogP contribution is -2.52. The first-order valence-corrected chi connectivity index (χ1v) is 13.2. The molecule has 6 nitrogen and oxygen atoms in total. The summed E-state index contributed by atoms with van der Waals surface area (Å²) in [6.07, 6.45) is 11.4. The maximum Gasteiger partial charge on any atom is 0.259 e. The number of likely N-dealkylation sites (N-methyl/N-ethyl adjacent to an activating group) is 1. The van der Waals surface area contributed by atoms with Gasteiger partial charge in [-0.2, -0.15) is 0 Å². The second kappa shape index (κ2) is 12.1. The third kappa shape index (κ3) is 6.87. The van der Waals surface area contributed by atoms with Gasteiger partial charge in [0.25, 0.3) is 5.56 Å². The number of aromatic amines is 1. The van der Waals surface area contributed by atoms with Gasteiger partial charge in [0.05, 0.1) is 10.9 Å². The first-order chi connectivity index (χ1) is 16.1. The first-order valence-electron chi connectivity index (χ1n) is 13.2. The van der Waals surface area contributed by atoms with Gasteiger partial charge in [-0.1, -0.05) is 37.8 Å². The molecule has 1 aromatic heterocycles. The molecule has 2 aliphatic heterocycles. The molecule has 0 spiro atoms. The lowest BCUT2D eigenvalue weighted by atomic mass is 10.0. The highest BCUT2D eigenvalue weighted by Gasteiger charge is 2.26. The Labute approximate surface area is 199 Å². The second-order valence-electron chi connectivity index (χ2n) is 10.2. The van der Waals surface area contributed by atoms with Crippen LogP contribution < -0.4 is 5.56 Å². The van der Waals surface area contributed by atoms with Crippen LogP contribution >= 0.6 is 0 Å². The van der Waals surface area contributed by atoms with Gasteiger partial charge >= 0.3 is 0 Å². The molecule has 0 unspecified atom stereocenters. The average molecular weight is 454 g/mol. The maximum absolute atomic E-state index is 12.4. The number of H-pyrrole nitrogens is 1. The minimum Gasteiger partial charge on any atom is -0.310 e. The van der Waals surface area contributed by atoms with E-state index < -0.39 is 0 Å². The van der Waals surface area contributed by atoms with Gasteiger partial charge in [0.2, 0.25) is 0 Å². The lowest BCUT2D eigenvalue weighted by molar-refractivity contribution is 0.0673. The Morgan fingerprint density at radius 1 is 0.939 bits per heavy atom. The normalized spacial score (nSPS) is 19.5. The van der Waals surface area contributed by atoms with Crippen LogP contribution in [0.25, 0.3) is 10.9 Å². The number of aromatic nitrogens is 2. The molecule has 0 aliphatic carbocycles. The molecule has 0 bridgehead atoms. The summed E-state index contributed by atoms with van der Waals surface area (Å²) in [5.74, 6) is 0.684. The number of piperazine rings is 1. The number of benzene rings is 1. The summed E-state index contributed by atoms with van der Waals surface area (Å²) in [7, 11) is 2.24. The Bertz CT molecular complexity index is 926. The van der Waals surface area contributed by atoms with Gasteiger partial charge in [-0.3, -0.25) is 9.69 Å². The van der Waals surface area contributed by atoms with Crippen molar-refractivity contribution in [2.45, 2.75) is 70.8 Å². The van der Waals surface area contributed by atoms with Gasteiger partial charge in [0, 0.05) is 32.2 Å². The van der Waals surface area contributed by atoms with Crippen LogP contribution in [-0.4, -0.2) is 83.6 Å². The number of hydrogen-bond acceptors (Lipinski definition) is 5. The minimum absolute atomic E-state index is 0.000617. The van der Waals surface area contributed by atoms with Gasteiger partial charge in [-0.05, 0) is 77.3 Å². The third-order valence-corrected chi connectivity index (χ3v) is 7.72. The molecular weight excluding hydrogens is 410 g/mol. The van der Waals surface area contributed by atoms with Crippen LogP contribution in [0.5, 0.6) is 0 Å². The van der Waals surface area contributed by atoms with E-state index in [1.807, 2.05) is 19.1 Å². The van der Waals surface area contributed by atoms with Crippen molar-refractivity contribution in [2.24, 2.45) is 0 Å². The highest BCUT2D eigenvalue weighted by molar-refractivity contribution is 5.81. The van der Waals surface area contributed by atoms with E-state index in [0.29, 0.717) is 5.82 Å². The van der Waals surface area contributed by atoms with Crippen molar-refractivity contribution in [1.29, 1.82) is 0 Å². The van der Waals surface area contributed by atoms with Gasteiger partial charge in [-0.15, -0.1) is 0 Å². The number of unbranched alkanes of at least 4 members (excludes halogenated alkanes) is 5. The molecule has 4 rings (SSSR count). The molecule has 2 aromatic rings. The van der Waals surface area contributed by atoms with Crippen molar-refractivity contribution < 1.29 is 0 Å². The number of nitrogens with one attached hydrogen (secondary N) is 1. The summed E-state index contributed by atoms with van der Waals surface area (Å²) in [5.41, 5.74) is 1.96. The fraction of sp³-hybridized carbons (Fsp3) is 0.704. The summed E-state index contributed by atoms with van der Waals surface area (Å²) in [5, 5.41) is 0.777. The predicted molar refractivity (Wildman–Crippen MR) is 137 cm³/mol. The molecule has 1 aromatic carbocycles. The van der Waals surface area contributed by atoms with E-state index in [4.69, 9.17) is 0 Å². The van der Waals surface area contributed by atoms with Gasteiger partial charge in [-0.25, -0.2) is 4.98 Å². The fourth-order valence-corrected chi connectivity index (χ4v) is 5.64. The third-order valence-electron chi connectivity index (χ3n) is 7.72. The number of piperidine rings is 1. The van der Waals surface area contributed by atoms with Crippen molar-refractivity contribution in [3.8, 4) is 0 Å². The molecule has 1 N–H and O–H groups in total. The smallest absolute Gasteiger partial charge is 0.259 e. The van der Waals surface area contributed by atoms with Crippen molar-refractivity contribution in [1.82, 2.24) is 24.7 Å². The van der Waals surface area contributed by atoms with E-state index in [-0.39, 0.29) is 5.56 Å². The maximum atomic E-state index is 12.4. The number of likely N-dealkylation sites (tertiary alicyclic amines) is 1. The summed E-state index contributed by atoms with van der Waals surface area (Å²) >= 11 is 0. The number of fused-ring (bicyclic) bond motifs is 1. The summed E-state index contributed by atoms with van der Waals surface area (Å²) < 4.78 is 0. The van der Waals surface area contributed by atoms with E-state index in [2.05, 4.69) is 37.8 Å². The van der Waals surface area contributed by atoms with E-state index in [0.717, 1.165) is 35.3 Å². The van der Waals surface area contributed by atoms with Crippen molar-refractivity contribution in [3.63, 3.8) is 0 Å². The first kappa shape index (κ1) is 24.4. The monoisotopic (exact) mass is 453 g/mol. The molecule has 2 aliphatic rings. The Morgan fingerprint density at radius 3 is 2.39 bits per heavy atom. The standard InChI is InChI=1S/C27H43N5O/c1-22-28-25-12-9-11-23(26(25)27(33)29-22)10-7-5-3-4-6-8-15-31-16-13-24(14-17-31)32-20-18-30(2)19-21-32/h9,11-12,24H,3-8,10,13-21H2,1-2H3,(H,28,29,33). The Balaban J connectivity index is 1.06. The predicted octanol–water partition coefficient (Wildman–Crippen LogP) is 3.83. The number of nitrogens with zero attached hydrogens (tertiary/aromatic N) is 4. The van der Waals surface area contributed by atoms with Gasteiger partial charge in [0.15, 0.2) is 0 Å². The van der Waals surface area contributed by atoms with Gasteiger partial charge in [0.1, 0.15) is 5.82 Å². The zero-order chi connectivity index (χ0) is 23.0. The zero-order valence-electron chi connectivity index (χ0n) is 20.8. The van der Waals surface area contributed by atoms with Crippen LogP contribution in [-0.2, 0) is 6.42 Å². The molecule has 33 heavy (non-hydrogen) atoms. The van der Waals surface area contributed by atoms with Gasteiger partial charge < -0.3 is 14.8 Å². The Kier molecular flexibility index (Phi) is 8.93. The molecule has 2 fully saturated rings. The highest BCUT2D eigenvalue weighted by Crippen LogP contribution is 2.19. The van der Waals surface area contributed by atoms with E-state index in [1.54, 1.807) is 0 Å². The highest BCUT2D eigenvalue weighted by atomic mass is 16.1. The molecule has 2 saturated heterocycles. The van der Waals surface area contributed by atoms with E-state index in [1.165, 1.54) is 90.8 Å². The van der Waals surface area contributed by atoms with E-state index >= 15 is 0 Å². The minimum atomic E-state index is 0.000617. The topological polar surface area (TPSA) is 55.5 Å². The van der Waals surface area contributed by atoms with Crippen molar-refractivity contribution in [2.75, 3.05) is 52.9 Å². The number of aryl methyl sites for hydroxylation is 2. The Morgan fingerprint density at radius 2 is 1.64 bits per heavy atom. The summed E-state index contributed by atoms with van der Waals surface area (Å²) in [4.78, 5) is 27.6. The van der Waals surface area contributed by atoms with Crippen molar-refractivity contribution >= 4 is 10.9 Å². The molecule has 6 heteroatoms. The lowest BCUT2D eigenvalue weighted by Gasteiger charge is -2.42. The molecule has 182 valence electrons. The summed E-state index contributed by atoms with van der Waals surface area (Å²) in [6.45, 7) is 10.7. The van der Waals surface area contributed by atoms with Crippen molar-refractivity contribution in [3.05, 3.63) is 39.9 Å². The van der Waals surface area contributed by atoms with E-state index in [9.17, 15) is 4.79 Å². The molecule has 0 amide bonds. The molecule has 0 saturated carbocycles. The SMILES string of the molecule is Cc1nc2cccc(CCCCCCCCN3CCC(N4CCN(C)CC4)CC3)c2c(=O)[nH]1. The molecular formula is C27H43N5O. The quantitative estimate of drug-likeness (QED) is 0.554.